The molecule has 3 aromatic rings. The highest BCUT2D eigenvalue weighted by Gasteiger charge is 2.18. The Morgan fingerprint density at radius 3 is 2.33 bits per heavy atom. The third-order valence-electron chi connectivity index (χ3n) is 4.72. The van der Waals surface area contributed by atoms with Crippen LogP contribution in [0.5, 0.6) is 0 Å². The molecule has 0 aliphatic rings. The molecule has 0 saturated heterocycles. The van der Waals surface area contributed by atoms with Crippen LogP contribution in [0.4, 0.5) is 5.69 Å². The van der Waals surface area contributed by atoms with Crippen LogP contribution in [-0.2, 0) is 11.3 Å². The van der Waals surface area contributed by atoms with Gasteiger partial charge in [0.2, 0.25) is 11.8 Å². The summed E-state index contributed by atoms with van der Waals surface area (Å²) in [7, 11) is 1.93. The lowest BCUT2D eigenvalue weighted by atomic mass is 10.1. The fraction of sp³-hybridized carbons (Fsp3) is 0.182. The molecule has 0 aromatic heterocycles. The van der Waals surface area contributed by atoms with E-state index in [9.17, 15) is 9.59 Å². The summed E-state index contributed by atoms with van der Waals surface area (Å²) in [4.78, 5) is 25.6. The molecular formula is C22H23N3O2. The standard InChI is InChI=1S/C22H23N3O2/c1-15(22(27)24-20-11-9-18(10-12-20)21(23)26)25(2)14-16-7-8-17-5-3-4-6-19(17)13-16/h3-13,15H,14H2,1-2H3,(H2,23,26)(H,24,27)/t15-/m1/s1. The van der Waals surface area contributed by atoms with Gasteiger partial charge in [0.1, 0.15) is 0 Å². The van der Waals surface area contributed by atoms with Gasteiger partial charge in [-0.25, -0.2) is 0 Å². The molecule has 3 N–H and O–H groups in total. The van der Waals surface area contributed by atoms with E-state index in [1.807, 2.05) is 31.0 Å². The minimum atomic E-state index is -0.489. The van der Waals surface area contributed by atoms with Crippen LogP contribution in [0.25, 0.3) is 10.8 Å². The van der Waals surface area contributed by atoms with Crippen LogP contribution in [0, 0.1) is 0 Å². The molecular weight excluding hydrogens is 338 g/mol. The molecule has 0 unspecified atom stereocenters. The van der Waals surface area contributed by atoms with Gasteiger partial charge in [-0.3, -0.25) is 14.5 Å². The maximum atomic E-state index is 12.5. The van der Waals surface area contributed by atoms with Crippen LogP contribution < -0.4 is 11.1 Å². The number of nitrogens with one attached hydrogen (secondary N) is 1. The number of benzene rings is 3. The average Bonchev–Trinajstić information content (AvgIpc) is 2.67. The van der Waals surface area contributed by atoms with Crippen molar-refractivity contribution in [1.82, 2.24) is 4.90 Å². The number of hydrogen-bond acceptors (Lipinski definition) is 3. The number of rotatable bonds is 6. The Balaban J connectivity index is 1.63. The first kappa shape index (κ1) is 18.6. The van der Waals surface area contributed by atoms with E-state index in [0.717, 1.165) is 5.56 Å². The Morgan fingerprint density at radius 2 is 1.67 bits per heavy atom. The quantitative estimate of drug-likeness (QED) is 0.706. The van der Waals surface area contributed by atoms with Crippen LogP contribution in [-0.4, -0.2) is 29.8 Å². The van der Waals surface area contributed by atoms with Gasteiger partial charge < -0.3 is 11.1 Å². The van der Waals surface area contributed by atoms with Crippen LogP contribution in [0.15, 0.2) is 66.7 Å². The zero-order chi connectivity index (χ0) is 19.4. The summed E-state index contributed by atoms with van der Waals surface area (Å²) in [6.07, 6.45) is 0. The number of anilines is 1. The van der Waals surface area contributed by atoms with Crippen LogP contribution in [0.3, 0.4) is 0 Å². The highest BCUT2D eigenvalue weighted by Crippen LogP contribution is 2.17. The second-order valence-electron chi connectivity index (χ2n) is 6.70. The first-order valence-corrected chi connectivity index (χ1v) is 8.82. The molecule has 2 amide bonds. The Hall–Kier alpha value is -3.18. The van der Waals surface area contributed by atoms with Crippen molar-refractivity contribution in [3.63, 3.8) is 0 Å². The molecule has 0 fully saturated rings. The maximum Gasteiger partial charge on any atom is 0.248 e. The molecule has 5 heteroatoms. The Kier molecular flexibility index (Phi) is 5.52. The number of amides is 2. The van der Waals surface area contributed by atoms with Crippen molar-refractivity contribution < 1.29 is 9.59 Å². The lowest BCUT2D eigenvalue weighted by Crippen LogP contribution is -2.39. The molecule has 0 bridgehead atoms. The van der Waals surface area contributed by atoms with Crippen molar-refractivity contribution in [1.29, 1.82) is 0 Å². The van der Waals surface area contributed by atoms with E-state index >= 15 is 0 Å². The molecule has 5 nitrogen and oxygen atoms in total. The number of carbonyl (C=O) groups is 2. The third kappa shape index (κ3) is 4.51. The van der Waals surface area contributed by atoms with Crippen molar-refractivity contribution in [2.24, 2.45) is 5.73 Å². The number of nitrogens with zero attached hydrogens (tertiary/aromatic N) is 1. The van der Waals surface area contributed by atoms with E-state index in [1.165, 1.54) is 10.8 Å². The van der Waals surface area contributed by atoms with E-state index in [2.05, 4.69) is 35.6 Å². The number of hydrogen-bond donors (Lipinski definition) is 2. The van der Waals surface area contributed by atoms with Gasteiger partial charge in [-0.2, -0.15) is 0 Å². The molecule has 27 heavy (non-hydrogen) atoms. The number of carbonyl (C=O) groups excluding carboxylic acids is 2. The van der Waals surface area contributed by atoms with E-state index < -0.39 is 5.91 Å². The highest BCUT2D eigenvalue weighted by atomic mass is 16.2. The number of likely N-dealkylation sites (N-methyl/N-ethyl adjacent to an activating group) is 1. The van der Waals surface area contributed by atoms with Crippen LogP contribution in [0.2, 0.25) is 0 Å². The van der Waals surface area contributed by atoms with Gasteiger partial charge in [0, 0.05) is 17.8 Å². The average molecular weight is 361 g/mol. The second kappa shape index (κ2) is 8.01. The number of nitrogens with two attached hydrogens (primary N) is 1. The minimum absolute atomic E-state index is 0.106. The van der Waals surface area contributed by atoms with Crippen LogP contribution in [0.1, 0.15) is 22.8 Å². The molecule has 138 valence electrons. The Labute approximate surface area is 158 Å². The predicted octanol–water partition coefficient (Wildman–Crippen LogP) is 3.40. The summed E-state index contributed by atoms with van der Waals surface area (Å²) in [5.41, 5.74) is 7.43. The molecule has 0 radical (unpaired) electrons. The lowest BCUT2D eigenvalue weighted by Gasteiger charge is -2.24. The van der Waals surface area contributed by atoms with E-state index in [1.54, 1.807) is 24.3 Å². The first-order valence-electron chi connectivity index (χ1n) is 8.82. The van der Waals surface area contributed by atoms with Gasteiger partial charge in [-0.05, 0) is 60.6 Å². The van der Waals surface area contributed by atoms with Gasteiger partial charge in [0.15, 0.2) is 0 Å². The fourth-order valence-electron chi connectivity index (χ4n) is 2.93. The van der Waals surface area contributed by atoms with E-state index in [4.69, 9.17) is 5.73 Å². The van der Waals surface area contributed by atoms with Gasteiger partial charge in [0.05, 0.1) is 6.04 Å². The van der Waals surface area contributed by atoms with Gasteiger partial charge >= 0.3 is 0 Å². The summed E-state index contributed by atoms with van der Waals surface area (Å²) in [6.45, 7) is 2.54. The van der Waals surface area contributed by atoms with Crippen molar-refractivity contribution in [2.45, 2.75) is 19.5 Å². The normalized spacial score (nSPS) is 12.1. The zero-order valence-corrected chi connectivity index (χ0v) is 15.5. The SMILES string of the molecule is C[C@H](C(=O)Nc1ccc(C(N)=O)cc1)N(C)Cc1ccc2ccccc2c1. The molecule has 3 aromatic carbocycles. The summed E-state index contributed by atoms with van der Waals surface area (Å²) < 4.78 is 0. The first-order chi connectivity index (χ1) is 12.9. The summed E-state index contributed by atoms with van der Waals surface area (Å²) in [6, 6.07) is 20.8. The smallest absolute Gasteiger partial charge is 0.248 e. The lowest BCUT2D eigenvalue weighted by molar-refractivity contribution is -0.120. The topological polar surface area (TPSA) is 75.4 Å². The molecule has 3 rings (SSSR count). The van der Waals surface area contributed by atoms with Gasteiger partial charge in [-0.15, -0.1) is 0 Å². The minimum Gasteiger partial charge on any atom is -0.366 e. The Morgan fingerprint density at radius 1 is 1.00 bits per heavy atom. The third-order valence-corrected chi connectivity index (χ3v) is 4.72. The number of primary amides is 1. The maximum absolute atomic E-state index is 12.5. The molecule has 0 aliphatic heterocycles. The largest absolute Gasteiger partial charge is 0.366 e. The fourth-order valence-corrected chi connectivity index (χ4v) is 2.93. The predicted molar refractivity (Wildman–Crippen MR) is 108 cm³/mol. The second-order valence-corrected chi connectivity index (χ2v) is 6.70. The molecule has 0 aliphatic carbocycles. The van der Waals surface area contributed by atoms with Crippen molar-refractivity contribution in [3.8, 4) is 0 Å². The summed E-state index contributed by atoms with van der Waals surface area (Å²) >= 11 is 0. The van der Waals surface area contributed by atoms with Gasteiger partial charge in [0.25, 0.3) is 0 Å². The Bertz CT molecular complexity index is 967. The highest BCUT2D eigenvalue weighted by molar-refractivity contribution is 5.96. The number of fused-ring (bicyclic) bond motifs is 1. The monoisotopic (exact) mass is 361 g/mol. The van der Waals surface area contributed by atoms with E-state index in [0.29, 0.717) is 17.8 Å². The van der Waals surface area contributed by atoms with Crippen molar-refractivity contribution >= 4 is 28.3 Å². The van der Waals surface area contributed by atoms with Crippen molar-refractivity contribution in [3.05, 3.63) is 77.9 Å². The van der Waals surface area contributed by atoms with Gasteiger partial charge in [-0.1, -0.05) is 36.4 Å². The molecule has 0 spiro atoms. The van der Waals surface area contributed by atoms with Crippen molar-refractivity contribution in [2.75, 3.05) is 12.4 Å². The molecule has 1 atom stereocenters. The zero-order valence-electron chi connectivity index (χ0n) is 15.5. The summed E-state index contributed by atoms with van der Waals surface area (Å²) in [5, 5.41) is 5.26. The van der Waals surface area contributed by atoms with E-state index in [-0.39, 0.29) is 11.9 Å². The molecule has 0 saturated carbocycles. The summed E-state index contributed by atoms with van der Waals surface area (Å²) in [5.74, 6) is -0.596. The molecule has 0 heterocycles. The van der Waals surface area contributed by atoms with Crippen LogP contribution >= 0.6 is 0 Å².